The molecule has 10 rings (SSSR count). The Hall–Kier alpha value is -7.17. The van der Waals surface area contributed by atoms with Crippen molar-refractivity contribution < 1.29 is 4.42 Å². The molecule has 0 radical (unpaired) electrons. The van der Waals surface area contributed by atoms with Gasteiger partial charge in [0.25, 0.3) is 0 Å². The Bertz CT molecular complexity index is 2860. The fraction of sp³-hybridized carbons (Fsp3) is 0. The molecule has 0 amide bonds. The van der Waals surface area contributed by atoms with E-state index in [4.69, 9.17) is 19.4 Å². The van der Waals surface area contributed by atoms with Crippen molar-refractivity contribution in [1.82, 2.24) is 15.0 Å². The first-order valence-electron chi connectivity index (χ1n) is 17.8. The molecule has 53 heavy (non-hydrogen) atoms. The second-order valence-corrected chi connectivity index (χ2v) is 13.2. The maximum absolute atomic E-state index is 6.59. The topological polar surface area (TPSA) is 51.8 Å². The van der Waals surface area contributed by atoms with E-state index < -0.39 is 0 Å². The summed E-state index contributed by atoms with van der Waals surface area (Å²) in [6, 6.07) is 65.2. The summed E-state index contributed by atoms with van der Waals surface area (Å²) in [4.78, 5) is 15.7. The van der Waals surface area contributed by atoms with Crippen LogP contribution < -0.4 is 0 Å². The van der Waals surface area contributed by atoms with Gasteiger partial charge in [-0.3, -0.25) is 0 Å². The summed E-state index contributed by atoms with van der Waals surface area (Å²) in [5.74, 6) is 1.82. The second-order valence-electron chi connectivity index (χ2n) is 13.2. The van der Waals surface area contributed by atoms with E-state index in [1.54, 1.807) is 0 Å². The highest BCUT2D eigenvalue weighted by Crippen LogP contribution is 2.41. The monoisotopic (exact) mass is 677 g/mol. The van der Waals surface area contributed by atoms with Crippen LogP contribution in [0.15, 0.2) is 192 Å². The molecule has 0 fully saturated rings. The van der Waals surface area contributed by atoms with Gasteiger partial charge in [-0.2, -0.15) is 0 Å². The highest BCUT2D eigenvalue weighted by molar-refractivity contribution is 6.19. The zero-order valence-electron chi connectivity index (χ0n) is 28.6. The molecule has 0 aliphatic rings. The van der Waals surface area contributed by atoms with Gasteiger partial charge < -0.3 is 4.42 Å². The van der Waals surface area contributed by atoms with Crippen molar-refractivity contribution in [2.75, 3.05) is 0 Å². The average Bonchev–Trinajstić information content (AvgIpc) is 3.63. The minimum Gasteiger partial charge on any atom is -0.455 e. The molecular formula is C49H31N3O. The van der Waals surface area contributed by atoms with Gasteiger partial charge in [0.05, 0.1) is 0 Å². The van der Waals surface area contributed by atoms with Gasteiger partial charge in [-0.15, -0.1) is 0 Å². The second kappa shape index (κ2) is 12.9. The zero-order valence-corrected chi connectivity index (χ0v) is 28.6. The minimum atomic E-state index is 0.602. The zero-order chi connectivity index (χ0) is 35.1. The number of aromatic nitrogens is 3. The van der Waals surface area contributed by atoms with Crippen LogP contribution in [-0.4, -0.2) is 15.0 Å². The van der Waals surface area contributed by atoms with Crippen LogP contribution in [0, 0.1) is 0 Å². The van der Waals surface area contributed by atoms with Crippen LogP contribution in [0.5, 0.6) is 0 Å². The third kappa shape index (κ3) is 5.63. The SMILES string of the molecule is c1ccc(-c2cc(-c3ccccc3)cc(-c3nc(-c4ccccc4)nc(-c4cc5c6ccccc6oc5c5cc(-c6ccccc6)ccc45)n3)c2)cc1. The van der Waals surface area contributed by atoms with Gasteiger partial charge in [-0.25, -0.2) is 15.0 Å². The van der Waals surface area contributed by atoms with Gasteiger partial charge in [-0.1, -0.05) is 152 Å². The van der Waals surface area contributed by atoms with E-state index in [0.29, 0.717) is 17.5 Å². The lowest BCUT2D eigenvalue weighted by molar-refractivity contribution is 0.672. The molecule has 0 saturated heterocycles. The summed E-state index contributed by atoms with van der Waals surface area (Å²) in [5, 5.41) is 4.09. The summed E-state index contributed by atoms with van der Waals surface area (Å²) in [6.07, 6.45) is 0. The van der Waals surface area contributed by atoms with Crippen LogP contribution in [0.2, 0.25) is 0 Å². The Labute approximate surface area is 306 Å². The largest absolute Gasteiger partial charge is 0.455 e. The molecule has 0 saturated carbocycles. The number of fused-ring (bicyclic) bond motifs is 5. The molecule has 0 aliphatic heterocycles. The number of rotatable bonds is 6. The smallest absolute Gasteiger partial charge is 0.164 e. The third-order valence-corrected chi connectivity index (χ3v) is 9.90. The minimum absolute atomic E-state index is 0.602. The van der Waals surface area contributed by atoms with Crippen molar-refractivity contribution in [3.63, 3.8) is 0 Å². The number of hydrogen-bond donors (Lipinski definition) is 0. The number of nitrogens with zero attached hydrogens (tertiary/aromatic N) is 3. The van der Waals surface area contributed by atoms with Crippen LogP contribution in [-0.2, 0) is 0 Å². The first kappa shape index (κ1) is 30.6. The Morgan fingerprint density at radius 2 is 0.755 bits per heavy atom. The fourth-order valence-electron chi connectivity index (χ4n) is 7.29. The molecule has 10 aromatic rings. The molecule has 8 aromatic carbocycles. The van der Waals surface area contributed by atoms with Gasteiger partial charge in [0, 0.05) is 32.8 Å². The van der Waals surface area contributed by atoms with Crippen molar-refractivity contribution in [3.05, 3.63) is 188 Å². The van der Waals surface area contributed by atoms with Crippen LogP contribution in [0.1, 0.15) is 0 Å². The lowest BCUT2D eigenvalue weighted by Crippen LogP contribution is -2.01. The van der Waals surface area contributed by atoms with Crippen LogP contribution >= 0.6 is 0 Å². The maximum atomic E-state index is 6.59. The van der Waals surface area contributed by atoms with E-state index in [1.165, 1.54) is 0 Å². The molecule has 0 bridgehead atoms. The molecule has 2 aromatic heterocycles. The van der Waals surface area contributed by atoms with E-state index >= 15 is 0 Å². The molecule has 0 unspecified atom stereocenters. The molecule has 4 nitrogen and oxygen atoms in total. The van der Waals surface area contributed by atoms with Crippen molar-refractivity contribution in [2.24, 2.45) is 0 Å². The molecule has 0 spiro atoms. The van der Waals surface area contributed by atoms with Crippen molar-refractivity contribution in [2.45, 2.75) is 0 Å². The standard InChI is InChI=1S/C49H31N3O/c1-5-15-32(16-6-1)36-25-26-40-42(30-36)46-43(41-23-13-14-24-45(41)53-46)31-44(40)49-51-47(35-21-11-4-12-22-35)50-48(52-49)39-28-37(33-17-7-2-8-18-33)27-38(29-39)34-19-9-3-10-20-34/h1-31H. The van der Waals surface area contributed by atoms with Gasteiger partial charge in [0.15, 0.2) is 17.5 Å². The quantitative estimate of drug-likeness (QED) is 0.176. The van der Waals surface area contributed by atoms with E-state index in [9.17, 15) is 0 Å². The van der Waals surface area contributed by atoms with Crippen LogP contribution in [0.25, 0.3) is 100 Å². The van der Waals surface area contributed by atoms with Crippen LogP contribution in [0.3, 0.4) is 0 Å². The first-order chi connectivity index (χ1) is 26.2. The molecule has 2 heterocycles. The Balaban J connectivity index is 1.26. The molecule has 0 aliphatic carbocycles. The Morgan fingerprint density at radius 1 is 0.283 bits per heavy atom. The number of para-hydroxylation sites is 1. The third-order valence-electron chi connectivity index (χ3n) is 9.90. The highest BCUT2D eigenvalue weighted by atomic mass is 16.3. The highest BCUT2D eigenvalue weighted by Gasteiger charge is 2.20. The normalized spacial score (nSPS) is 11.4. The van der Waals surface area contributed by atoms with Gasteiger partial charge in [-0.05, 0) is 75.2 Å². The molecule has 0 atom stereocenters. The number of hydrogen-bond acceptors (Lipinski definition) is 4. The molecular weight excluding hydrogens is 647 g/mol. The fourth-order valence-corrected chi connectivity index (χ4v) is 7.29. The summed E-state index contributed by atoms with van der Waals surface area (Å²) < 4.78 is 6.59. The predicted molar refractivity (Wildman–Crippen MR) is 217 cm³/mol. The summed E-state index contributed by atoms with van der Waals surface area (Å²) in [5.41, 5.74) is 11.1. The van der Waals surface area contributed by atoms with Crippen LogP contribution in [0.4, 0.5) is 0 Å². The molecule has 0 N–H and O–H groups in total. The van der Waals surface area contributed by atoms with Gasteiger partial charge in [0.2, 0.25) is 0 Å². The summed E-state index contributed by atoms with van der Waals surface area (Å²) >= 11 is 0. The number of furan rings is 1. The Kier molecular flexibility index (Phi) is 7.43. The number of benzene rings is 8. The van der Waals surface area contributed by atoms with E-state index in [-0.39, 0.29) is 0 Å². The lowest BCUT2D eigenvalue weighted by Gasteiger charge is -2.14. The lowest BCUT2D eigenvalue weighted by atomic mass is 9.95. The van der Waals surface area contributed by atoms with Crippen molar-refractivity contribution in [1.29, 1.82) is 0 Å². The van der Waals surface area contributed by atoms with Gasteiger partial charge >= 0.3 is 0 Å². The summed E-state index contributed by atoms with van der Waals surface area (Å²) in [6.45, 7) is 0. The van der Waals surface area contributed by atoms with E-state index in [2.05, 4.69) is 140 Å². The van der Waals surface area contributed by atoms with Gasteiger partial charge in [0.1, 0.15) is 11.2 Å². The molecule has 4 heteroatoms. The average molecular weight is 678 g/mol. The van der Waals surface area contributed by atoms with Crippen molar-refractivity contribution in [3.8, 4) is 67.5 Å². The van der Waals surface area contributed by atoms with E-state index in [0.717, 1.165) is 82.8 Å². The maximum Gasteiger partial charge on any atom is 0.164 e. The predicted octanol–water partition coefficient (Wildman–Crippen LogP) is 12.9. The first-order valence-corrected chi connectivity index (χ1v) is 17.8. The summed E-state index contributed by atoms with van der Waals surface area (Å²) in [7, 11) is 0. The van der Waals surface area contributed by atoms with Crippen molar-refractivity contribution >= 4 is 32.7 Å². The Morgan fingerprint density at radius 3 is 1.38 bits per heavy atom. The van der Waals surface area contributed by atoms with E-state index in [1.807, 2.05) is 48.5 Å². The molecule has 248 valence electrons.